The van der Waals surface area contributed by atoms with Gasteiger partial charge >= 0.3 is 0 Å². The first-order chi connectivity index (χ1) is 9.92. The number of halogens is 2. The maximum absolute atomic E-state index is 13.5. The Morgan fingerprint density at radius 1 is 1.29 bits per heavy atom. The molecule has 0 fully saturated rings. The molecule has 5 nitrogen and oxygen atoms in total. The minimum atomic E-state index is -0.891. The van der Waals surface area contributed by atoms with Crippen molar-refractivity contribution in [1.82, 2.24) is 10.2 Å². The average Bonchev–Trinajstić information content (AvgIpc) is 2.88. The highest BCUT2D eigenvalue weighted by Crippen LogP contribution is 2.25. The molecule has 0 unspecified atom stereocenters. The van der Waals surface area contributed by atoms with Gasteiger partial charge in [0.15, 0.2) is 23.1 Å². The number of ether oxygens (including phenoxy) is 1. The molecule has 0 saturated heterocycles. The molecule has 2 aromatic rings. The van der Waals surface area contributed by atoms with E-state index in [2.05, 4.69) is 20.3 Å². The lowest BCUT2D eigenvalue weighted by atomic mass is 10.1. The summed E-state index contributed by atoms with van der Waals surface area (Å²) in [5, 5.41) is 8.98. The van der Waals surface area contributed by atoms with Gasteiger partial charge in [0.05, 0.1) is 7.11 Å². The first-order valence-corrected chi connectivity index (χ1v) is 6.32. The fourth-order valence-electron chi connectivity index (χ4n) is 1.77. The Kier molecular flexibility index (Phi) is 4.21. The van der Waals surface area contributed by atoms with Gasteiger partial charge in [-0.1, -0.05) is 13.8 Å². The molecule has 0 spiro atoms. The van der Waals surface area contributed by atoms with Crippen LogP contribution in [0.3, 0.4) is 0 Å². The highest BCUT2D eigenvalue weighted by atomic mass is 19.1. The Hall–Kier alpha value is -2.44. The van der Waals surface area contributed by atoms with E-state index in [0.29, 0.717) is 0 Å². The average molecular weight is 295 g/mol. The molecule has 1 heterocycles. The van der Waals surface area contributed by atoms with E-state index in [1.54, 1.807) is 6.07 Å². The molecule has 2 N–H and O–H groups in total. The number of anilines is 1. The number of hydrogen-bond acceptors (Lipinski definition) is 3. The maximum Gasteiger partial charge on any atom is 0.276 e. The van der Waals surface area contributed by atoms with Crippen LogP contribution in [0.4, 0.5) is 14.5 Å². The van der Waals surface area contributed by atoms with Gasteiger partial charge in [-0.05, 0) is 12.0 Å². The van der Waals surface area contributed by atoms with E-state index in [0.717, 1.165) is 24.9 Å². The van der Waals surface area contributed by atoms with Crippen LogP contribution in [0.15, 0.2) is 18.2 Å². The molecule has 0 atom stereocenters. The number of methoxy groups -OCH3 is 1. The van der Waals surface area contributed by atoms with E-state index in [9.17, 15) is 13.6 Å². The number of carbonyl (C=O) groups is 1. The van der Waals surface area contributed by atoms with Crippen molar-refractivity contribution in [2.24, 2.45) is 0 Å². The first kappa shape index (κ1) is 15.0. The SMILES string of the molecule is COc1c(F)cc(NC(=O)c2cc(C(C)C)[nH]n2)cc1F. The van der Waals surface area contributed by atoms with Crippen LogP contribution >= 0.6 is 0 Å². The lowest BCUT2D eigenvalue weighted by molar-refractivity contribution is 0.102. The molecular formula is C14H15F2N3O2. The smallest absolute Gasteiger partial charge is 0.276 e. The summed E-state index contributed by atoms with van der Waals surface area (Å²) in [6, 6.07) is 3.56. The minimum Gasteiger partial charge on any atom is -0.491 e. The van der Waals surface area contributed by atoms with E-state index in [-0.39, 0.29) is 17.3 Å². The van der Waals surface area contributed by atoms with Crippen LogP contribution in [0.1, 0.15) is 35.9 Å². The molecule has 21 heavy (non-hydrogen) atoms. The van der Waals surface area contributed by atoms with Gasteiger partial charge in [0.25, 0.3) is 5.91 Å². The quantitative estimate of drug-likeness (QED) is 0.911. The number of rotatable bonds is 4. The van der Waals surface area contributed by atoms with Crippen molar-refractivity contribution in [2.75, 3.05) is 12.4 Å². The van der Waals surface area contributed by atoms with Crippen LogP contribution in [0.25, 0.3) is 0 Å². The van der Waals surface area contributed by atoms with Crippen molar-refractivity contribution in [3.8, 4) is 5.75 Å². The molecular weight excluding hydrogens is 280 g/mol. The first-order valence-electron chi connectivity index (χ1n) is 6.32. The molecule has 0 aliphatic heterocycles. The molecule has 0 aliphatic rings. The van der Waals surface area contributed by atoms with Gasteiger partial charge in [-0.25, -0.2) is 8.78 Å². The summed E-state index contributed by atoms with van der Waals surface area (Å²) in [5.41, 5.74) is 0.937. The van der Waals surface area contributed by atoms with E-state index in [1.807, 2.05) is 13.8 Å². The van der Waals surface area contributed by atoms with E-state index in [1.165, 1.54) is 0 Å². The summed E-state index contributed by atoms with van der Waals surface area (Å²) >= 11 is 0. The standard InChI is InChI=1S/C14H15F2N3O2/c1-7(2)11-6-12(19-18-11)14(20)17-8-4-9(15)13(21-3)10(16)5-8/h4-7H,1-3H3,(H,17,20)(H,18,19). The molecule has 0 aliphatic carbocycles. The largest absolute Gasteiger partial charge is 0.491 e. The Balaban J connectivity index is 2.19. The Morgan fingerprint density at radius 3 is 2.38 bits per heavy atom. The predicted molar refractivity (Wildman–Crippen MR) is 73.5 cm³/mol. The lowest BCUT2D eigenvalue weighted by Gasteiger charge is -2.07. The Labute approximate surface area is 120 Å². The fraction of sp³-hybridized carbons (Fsp3) is 0.286. The number of nitrogens with one attached hydrogen (secondary N) is 2. The second-order valence-electron chi connectivity index (χ2n) is 4.79. The third-order valence-corrected chi connectivity index (χ3v) is 2.91. The van der Waals surface area contributed by atoms with E-state index in [4.69, 9.17) is 0 Å². The Bertz CT molecular complexity index is 645. The van der Waals surface area contributed by atoms with Crippen LogP contribution in [0, 0.1) is 11.6 Å². The van der Waals surface area contributed by atoms with Crippen LogP contribution in [0.5, 0.6) is 5.75 Å². The van der Waals surface area contributed by atoms with Crippen LogP contribution < -0.4 is 10.1 Å². The number of aromatic nitrogens is 2. The summed E-state index contributed by atoms with van der Waals surface area (Å²) < 4.78 is 31.6. The van der Waals surface area contributed by atoms with Gasteiger partial charge in [0, 0.05) is 23.5 Å². The maximum atomic E-state index is 13.5. The third-order valence-electron chi connectivity index (χ3n) is 2.91. The van der Waals surface area contributed by atoms with Crippen LogP contribution in [-0.4, -0.2) is 23.2 Å². The number of H-pyrrole nitrogens is 1. The second-order valence-corrected chi connectivity index (χ2v) is 4.79. The number of carbonyl (C=O) groups excluding carboxylic acids is 1. The zero-order valence-electron chi connectivity index (χ0n) is 11.8. The lowest BCUT2D eigenvalue weighted by Crippen LogP contribution is -2.13. The number of aromatic amines is 1. The summed E-state index contributed by atoms with van der Waals surface area (Å²) in [6.45, 7) is 3.90. The number of hydrogen-bond donors (Lipinski definition) is 2. The van der Waals surface area contributed by atoms with Crippen molar-refractivity contribution >= 4 is 11.6 Å². The van der Waals surface area contributed by atoms with Gasteiger partial charge in [-0.3, -0.25) is 9.89 Å². The highest BCUT2D eigenvalue weighted by Gasteiger charge is 2.16. The van der Waals surface area contributed by atoms with Gasteiger partial charge in [0.1, 0.15) is 0 Å². The van der Waals surface area contributed by atoms with Crippen molar-refractivity contribution in [2.45, 2.75) is 19.8 Å². The van der Waals surface area contributed by atoms with Crippen molar-refractivity contribution in [3.05, 3.63) is 41.2 Å². The van der Waals surface area contributed by atoms with Crippen molar-refractivity contribution in [3.63, 3.8) is 0 Å². The molecule has 0 bridgehead atoms. The molecule has 0 saturated carbocycles. The number of benzene rings is 1. The monoisotopic (exact) mass is 295 g/mol. The van der Waals surface area contributed by atoms with Crippen LogP contribution in [-0.2, 0) is 0 Å². The fourth-order valence-corrected chi connectivity index (χ4v) is 1.77. The second kappa shape index (κ2) is 5.90. The predicted octanol–water partition coefficient (Wildman–Crippen LogP) is 3.07. The Morgan fingerprint density at radius 2 is 1.90 bits per heavy atom. The number of amides is 1. The van der Waals surface area contributed by atoms with Crippen molar-refractivity contribution in [1.29, 1.82) is 0 Å². The van der Waals surface area contributed by atoms with Gasteiger partial charge in [0.2, 0.25) is 0 Å². The summed E-state index contributed by atoms with van der Waals surface area (Å²) in [6.07, 6.45) is 0. The molecule has 1 aromatic heterocycles. The summed E-state index contributed by atoms with van der Waals surface area (Å²) in [5.74, 6) is -2.64. The summed E-state index contributed by atoms with van der Waals surface area (Å²) in [7, 11) is 1.16. The molecule has 0 radical (unpaired) electrons. The highest BCUT2D eigenvalue weighted by molar-refractivity contribution is 6.02. The zero-order valence-corrected chi connectivity index (χ0v) is 11.8. The molecule has 1 amide bonds. The minimum absolute atomic E-state index is 0.00935. The van der Waals surface area contributed by atoms with Gasteiger partial charge in [-0.15, -0.1) is 0 Å². The molecule has 7 heteroatoms. The number of nitrogens with zero attached hydrogens (tertiary/aromatic N) is 1. The van der Waals surface area contributed by atoms with E-state index < -0.39 is 23.3 Å². The van der Waals surface area contributed by atoms with Crippen LogP contribution in [0.2, 0.25) is 0 Å². The molecule has 2 rings (SSSR count). The van der Waals surface area contributed by atoms with Gasteiger partial charge in [-0.2, -0.15) is 5.10 Å². The molecule has 112 valence electrons. The van der Waals surface area contributed by atoms with Crippen molar-refractivity contribution < 1.29 is 18.3 Å². The topological polar surface area (TPSA) is 67.0 Å². The zero-order chi connectivity index (χ0) is 15.6. The van der Waals surface area contributed by atoms with Gasteiger partial charge < -0.3 is 10.1 Å². The normalized spacial score (nSPS) is 10.8. The summed E-state index contributed by atoms with van der Waals surface area (Å²) in [4.78, 5) is 12.0. The molecule has 1 aromatic carbocycles. The third kappa shape index (κ3) is 3.18. The van der Waals surface area contributed by atoms with E-state index >= 15 is 0 Å².